The van der Waals surface area contributed by atoms with E-state index in [1.54, 1.807) is 0 Å². The average molecular weight is 243 g/mol. The molecule has 0 aromatic heterocycles. The highest BCUT2D eigenvalue weighted by Gasteiger charge is 2.08. The van der Waals surface area contributed by atoms with Crippen LogP contribution in [0.3, 0.4) is 0 Å². The van der Waals surface area contributed by atoms with Crippen LogP contribution in [-0.4, -0.2) is 21.2 Å². The van der Waals surface area contributed by atoms with Crippen molar-refractivity contribution in [3.63, 3.8) is 0 Å². The summed E-state index contributed by atoms with van der Waals surface area (Å²) in [5, 5.41) is 0. The van der Waals surface area contributed by atoms with E-state index in [1.807, 2.05) is 12.1 Å². The molecule has 0 saturated heterocycles. The van der Waals surface area contributed by atoms with Crippen molar-refractivity contribution >= 4 is 13.8 Å². The standard InChI is InChI=1S/C15H21NSi/c1-5-12-16(13-9-14-17(2,3)4)15-10-7-6-8-11-15/h5-8,10-11H,1,12-13H2,2-4H3. The molecule has 0 aliphatic rings. The van der Waals surface area contributed by atoms with Crippen molar-refractivity contribution in [2.75, 3.05) is 18.0 Å². The normalized spacial score (nSPS) is 10.3. The summed E-state index contributed by atoms with van der Waals surface area (Å²) in [7, 11) is -1.26. The van der Waals surface area contributed by atoms with Gasteiger partial charge < -0.3 is 4.90 Å². The Morgan fingerprint density at radius 2 is 1.88 bits per heavy atom. The first-order chi connectivity index (χ1) is 8.03. The molecule has 0 saturated carbocycles. The highest BCUT2D eigenvalue weighted by Crippen LogP contribution is 2.12. The third-order valence-electron chi connectivity index (χ3n) is 2.20. The zero-order chi connectivity index (χ0) is 12.7. The van der Waals surface area contributed by atoms with Gasteiger partial charge in [0.05, 0.1) is 6.54 Å². The third-order valence-corrected chi connectivity index (χ3v) is 3.13. The summed E-state index contributed by atoms with van der Waals surface area (Å²) < 4.78 is 0. The molecule has 0 radical (unpaired) electrons. The molecule has 2 heteroatoms. The van der Waals surface area contributed by atoms with E-state index in [1.165, 1.54) is 5.69 Å². The molecular formula is C15H21NSi. The maximum atomic E-state index is 3.80. The molecule has 0 fully saturated rings. The van der Waals surface area contributed by atoms with E-state index in [9.17, 15) is 0 Å². The Balaban J connectivity index is 2.73. The van der Waals surface area contributed by atoms with Crippen LogP contribution in [0.4, 0.5) is 5.69 Å². The Hall–Kier alpha value is -1.46. The fourth-order valence-electron chi connectivity index (χ4n) is 1.46. The number of hydrogen-bond acceptors (Lipinski definition) is 1. The van der Waals surface area contributed by atoms with Gasteiger partial charge in [0.1, 0.15) is 8.07 Å². The largest absolute Gasteiger partial charge is 0.357 e. The average Bonchev–Trinajstić information content (AvgIpc) is 2.27. The third kappa shape index (κ3) is 5.42. The van der Waals surface area contributed by atoms with Gasteiger partial charge in [-0.05, 0) is 12.1 Å². The monoisotopic (exact) mass is 243 g/mol. The Kier molecular flexibility index (Phi) is 5.05. The molecule has 0 spiro atoms. The summed E-state index contributed by atoms with van der Waals surface area (Å²) in [6.45, 7) is 12.2. The van der Waals surface area contributed by atoms with Gasteiger partial charge in [-0.15, -0.1) is 12.1 Å². The van der Waals surface area contributed by atoms with Crippen LogP contribution >= 0.6 is 0 Å². The van der Waals surface area contributed by atoms with Gasteiger partial charge in [-0.1, -0.05) is 49.8 Å². The van der Waals surface area contributed by atoms with E-state index in [2.05, 4.69) is 66.8 Å². The van der Waals surface area contributed by atoms with Crippen LogP contribution < -0.4 is 4.90 Å². The minimum atomic E-state index is -1.26. The Morgan fingerprint density at radius 1 is 1.24 bits per heavy atom. The van der Waals surface area contributed by atoms with Crippen LogP contribution in [0.5, 0.6) is 0 Å². The lowest BCUT2D eigenvalue weighted by molar-refractivity contribution is 0.971. The molecule has 0 bridgehead atoms. The molecule has 1 aromatic rings. The van der Waals surface area contributed by atoms with Gasteiger partial charge in [-0.2, -0.15) is 0 Å². The van der Waals surface area contributed by atoms with Crippen molar-refractivity contribution in [2.24, 2.45) is 0 Å². The van der Waals surface area contributed by atoms with Gasteiger partial charge in [0.25, 0.3) is 0 Å². The fourth-order valence-corrected chi connectivity index (χ4v) is 2.07. The highest BCUT2D eigenvalue weighted by molar-refractivity contribution is 6.83. The molecule has 0 amide bonds. The van der Waals surface area contributed by atoms with Crippen molar-refractivity contribution in [1.82, 2.24) is 0 Å². The van der Waals surface area contributed by atoms with Crippen LogP contribution in [0.25, 0.3) is 0 Å². The van der Waals surface area contributed by atoms with E-state index in [4.69, 9.17) is 0 Å². The van der Waals surface area contributed by atoms with Gasteiger partial charge in [0.2, 0.25) is 0 Å². The summed E-state index contributed by atoms with van der Waals surface area (Å²) >= 11 is 0. The van der Waals surface area contributed by atoms with Crippen molar-refractivity contribution < 1.29 is 0 Å². The Bertz CT molecular complexity index is 406. The second-order valence-electron chi connectivity index (χ2n) is 5.06. The first kappa shape index (κ1) is 13.6. The lowest BCUT2D eigenvalue weighted by Crippen LogP contribution is -2.24. The van der Waals surface area contributed by atoms with Crippen molar-refractivity contribution in [2.45, 2.75) is 19.6 Å². The SMILES string of the molecule is C=CCN(CC#C[Si](C)(C)C)c1ccccc1. The van der Waals surface area contributed by atoms with Gasteiger partial charge in [-0.3, -0.25) is 0 Å². The van der Waals surface area contributed by atoms with Crippen LogP contribution in [0.1, 0.15) is 0 Å². The van der Waals surface area contributed by atoms with Gasteiger partial charge in [-0.25, -0.2) is 0 Å². The molecule has 17 heavy (non-hydrogen) atoms. The molecule has 0 atom stereocenters. The summed E-state index contributed by atoms with van der Waals surface area (Å²) in [5.41, 5.74) is 4.60. The number of rotatable bonds is 4. The minimum absolute atomic E-state index is 0.778. The molecule has 0 unspecified atom stereocenters. The van der Waals surface area contributed by atoms with Gasteiger partial charge >= 0.3 is 0 Å². The topological polar surface area (TPSA) is 3.24 Å². The lowest BCUT2D eigenvalue weighted by atomic mass is 10.3. The molecule has 1 aromatic carbocycles. The molecular weight excluding hydrogens is 222 g/mol. The molecule has 0 heterocycles. The first-order valence-corrected chi connectivity index (χ1v) is 9.44. The maximum absolute atomic E-state index is 3.80. The van der Waals surface area contributed by atoms with E-state index < -0.39 is 8.07 Å². The number of anilines is 1. The van der Waals surface area contributed by atoms with Crippen molar-refractivity contribution in [3.8, 4) is 11.5 Å². The van der Waals surface area contributed by atoms with E-state index in [0.29, 0.717) is 0 Å². The fraction of sp³-hybridized carbons (Fsp3) is 0.333. The first-order valence-electron chi connectivity index (χ1n) is 5.94. The number of para-hydroxylation sites is 1. The molecule has 1 nitrogen and oxygen atoms in total. The molecule has 1 rings (SSSR count). The smallest absolute Gasteiger partial charge is 0.129 e. The predicted octanol–water partition coefficient (Wildman–Crippen LogP) is 3.56. The van der Waals surface area contributed by atoms with Crippen LogP contribution in [0.15, 0.2) is 43.0 Å². The highest BCUT2D eigenvalue weighted by atomic mass is 28.3. The summed E-state index contributed by atoms with van der Waals surface area (Å²) in [6.07, 6.45) is 1.92. The predicted molar refractivity (Wildman–Crippen MR) is 80.0 cm³/mol. The summed E-state index contributed by atoms with van der Waals surface area (Å²) in [4.78, 5) is 2.24. The Morgan fingerprint density at radius 3 is 2.41 bits per heavy atom. The number of benzene rings is 1. The van der Waals surface area contributed by atoms with E-state index >= 15 is 0 Å². The van der Waals surface area contributed by atoms with E-state index in [0.717, 1.165) is 13.1 Å². The molecule has 0 aliphatic heterocycles. The molecule has 0 aliphatic carbocycles. The Labute approximate surface area is 106 Å². The number of nitrogens with zero attached hydrogens (tertiary/aromatic N) is 1. The van der Waals surface area contributed by atoms with Crippen LogP contribution in [0, 0.1) is 11.5 Å². The maximum Gasteiger partial charge on any atom is 0.129 e. The lowest BCUT2D eigenvalue weighted by Gasteiger charge is -2.20. The van der Waals surface area contributed by atoms with Crippen LogP contribution in [-0.2, 0) is 0 Å². The molecule has 90 valence electrons. The molecule has 0 N–H and O–H groups in total. The second kappa shape index (κ2) is 6.32. The summed E-state index contributed by atoms with van der Waals surface area (Å²) in [6, 6.07) is 10.4. The van der Waals surface area contributed by atoms with Crippen LogP contribution in [0.2, 0.25) is 19.6 Å². The zero-order valence-electron chi connectivity index (χ0n) is 11.0. The van der Waals surface area contributed by atoms with Gasteiger partial charge in [0, 0.05) is 12.2 Å². The van der Waals surface area contributed by atoms with Crippen molar-refractivity contribution in [1.29, 1.82) is 0 Å². The zero-order valence-corrected chi connectivity index (χ0v) is 12.0. The minimum Gasteiger partial charge on any atom is -0.357 e. The quantitative estimate of drug-likeness (QED) is 0.444. The summed E-state index contributed by atoms with van der Waals surface area (Å²) in [5.74, 6) is 3.30. The van der Waals surface area contributed by atoms with Gasteiger partial charge in [0.15, 0.2) is 0 Å². The van der Waals surface area contributed by atoms with E-state index in [-0.39, 0.29) is 0 Å². The number of hydrogen-bond donors (Lipinski definition) is 0. The van der Waals surface area contributed by atoms with Crippen molar-refractivity contribution in [3.05, 3.63) is 43.0 Å². The second-order valence-corrected chi connectivity index (χ2v) is 9.81.